The quantitative estimate of drug-likeness (QED) is 0.431. The van der Waals surface area contributed by atoms with Crippen LogP contribution in [0.2, 0.25) is 10.0 Å². The Hall–Kier alpha value is -3.62. The van der Waals surface area contributed by atoms with Gasteiger partial charge in [-0.25, -0.2) is 4.39 Å². The first-order chi connectivity index (χ1) is 17.1. The number of hydrogen-bond acceptors (Lipinski definition) is 4. The molecule has 0 saturated carbocycles. The highest BCUT2D eigenvalue weighted by atomic mass is 35.5. The number of ether oxygens (including phenoxy) is 1. The molecular weight excluding hydrogens is 508 g/mol. The van der Waals surface area contributed by atoms with E-state index >= 15 is 0 Å². The van der Waals surface area contributed by atoms with Crippen molar-refractivity contribution in [2.24, 2.45) is 5.92 Å². The van der Waals surface area contributed by atoms with Crippen LogP contribution in [0.1, 0.15) is 40.1 Å². The van der Waals surface area contributed by atoms with Gasteiger partial charge >= 0.3 is 0 Å². The van der Waals surface area contributed by atoms with Crippen molar-refractivity contribution >= 4 is 52.3 Å². The van der Waals surface area contributed by atoms with E-state index in [1.54, 1.807) is 44.2 Å². The zero-order chi connectivity index (χ0) is 26.0. The first kappa shape index (κ1) is 25.5. The van der Waals surface area contributed by atoms with E-state index in [1.807, 2.05) is 0 Å². The minimum absolute atomic E-state index is 0.0685. The molecule has 0 radical (unpaired) electrons. The lowest BCUT2D eigenvalue weighted by Crippen LogP contribution is -2.39. The molecule has 0 spiro atoms. The van der Waals surface area contributed by atoms with Crippen molar-refractivity contribution < 1.29 is 23.5 Å². The summed E-state index contributed by atoms with van der Waals surface area (Å²) < 4.78 is 19.1. The molecule has 3 aromatic carbocycles. The Morgan fingerprint density at radius 1 is 1.06 bits per heavy atom. The van der Waals surface area contributed by atoms with Crippen molar-refractivity contribution in [3.05, 3.63) is 87.2 Å². The molecule has 2 N–H and O–H groups in total. The molecule has 36 heavy (non-hydrogen) atoms. The fourth-order valence-electron chi connectivity index (χ4n) is 3.57. The lowest BCUT2D eigenvalue weighted by atomic mass is 10.1. The van der Waals surface area contributed by atoms with Crippen LogP contribution >= 0.6 is 23.2 Å². The van der Waals surface area contributed by atoms with Crippen LogP contribution in [0.3, 0.4) is 0 Å². The van der Waals surface area contributed by atoms with Gasteiger partial charge in [0.2, 0.25) is 5.91 Å². The van der Waals surface area contributed by atoms with Crippen LogP contribution in [-0.4, -0.2) is 24.5 Å². The maximum Gasteiger partial charge on any atom is 0.264 e. The SMILES string of the molecule is CC(C)C(=O)NCc1ccc(Cl)c(C(=O)Nc2ccc3c(c2)C(=O)N(c2ccc(F)cc2Cl)CO3)c1. The minimum atomic E-state index is -0.524. The van der Waals surface area contributed by atoms with Gasteiger partial charge in [0.05, 0.1) is 26.9 Å². The number of carbonyl (C=O) groups excluding carboxylic acids is 3. The Morgan fingerprint density at radius 2 is 1.83 bits per heavy atom. The van der Waals surface area contributed by atoms with E-state index in [0.29, 0.717) is 22.7 Å². The fraction of sp³-hybridized carbons (Fsp3) is 0.192. The van der Waals surface area contributed by atoms with Crippen LogP contribution in [0.5, 0.6) is 5.75 Å². The number of nitrogens with zero attached hydrogens (tertiary/aromatic N) is 1. The van der Waals surface area contributed by atoms with Gasteiger partial charge in [-0.15, -0.1) is 0 Å². The second kappa shape index (κ2) is 10.6. The zero-order valence-corrected chi connectivity index (χ0v) is 20.9. The summed E-state index contributed by atoms with van der Waals surface area (Å²) in [6, 6.07) is 13.3. The molecule has 3 aromatic rings. The van der Waals surface area contributed by atoms with Gasteiger partial charge in [0.1, 0.15) is 11.6 Å². The van der Waals surface area contributed by atoms with E-state index in [4.69, 9.17) is 27.9 Å². The van der Waals surface area contributed by atoms with Gasteiger partial charge in [-0.1, -0.05) is 43.1 Å². The van der Waals surface area contributed by atoms with Crippen molar-refractivity contribution in [3.63, 3.8) is 0 Å². The molecule has 0 aromatic heterocycles. The summed E-state index contributed by atoms with van der Waals surface area (Å²) >= 11 is 12.4. The molecule has 10 heteroatoms. The lowest BCUT2D eigenvalue weighted by Gasteiger charge is -2.29. The highest BCUT2D eigenvalue weighted by molar-refractivity contribution is 6.35. The summed E-state index contributed by atoms with van der Waals surface area (Å²) in [6.07, 6.45) is 0. The second-order valence-corrected chi connectivity index (χ2v) is 9.27. The van der Waals surface area contributed by atoms with Gasteiger partial charge in [-0.3, -0.25) is 19.3 Å². The standard InChI is InChI=1S/C26H22Cl2FN3O4/c1-14(2)24(33)30-12-15-3-6-20(27)18(9-15)25(34)31-17-5-8-23-19(11-17)26(35)32(13-36-23)22-7-4-16(29)10-21(22)28/h3-11,14H,12-13H2,1-2H3,(H,30,33)(H,31,34). The molecule has 1 heterocycles. The monoisotopic (exact) mass is 529 g/mol. The third-order valence-corrected chi connectivity index (χ3v) is 6.16. The molecule has 0 aliphatic carbocycles. The van der Waals surface area contributed by atoms with Crippen molar-refractivity contribution in [1.29, 1.82) is 0 Å². The number of benzene rings is 3. The zero-order valence-electron chi connectivity index (χ0n) is 19.4. The van der Waals surface area contributed by atoms with E-state index in [1.165, 1.54) is 23.1 Å². The second-order valence-electron chi connectivity index (χ2n) is 8.45. The molecule has 4 rings (SSSR count). The highest BCUT2D eigenvalue weighted by Gasteiger charge is 2.29. The number of rotatable bonds is 6. The van der Waals surface area contributed by atoms with Gasteiger partial charge in [0, 0.05) is 18.2 Å². The van der Waals surface area contributed by atoms with Crippen LogP contribution < -0.4 is 20.3 Å². The first-order valence-electron chi connectivity index (χ1n) is 11.1. The van der Waals surface area contributed by atoms with Crippen molar-refractivity contribution in [2.45, 2.75) is 20.4 Å². The Labute approximate surface area is 217 Å². The van der Waals surface area contributed by atoms with Crippen LogP contribution in [0.4, 0.5) is 15.8 Å². The summed E-state index contributed by atoms with van der Waals surface area (Å²) in [7, 11) is 0. The molecule has 0 bridgehead atoms. The summed E-state index contributed by atoms with van der Waals surface area (Å²) in [4.78, 5) is 39.3. The maximum atomic E-state index is 13.4. The highest BCUT2D eigenvalue weighted by Crippen LogP contribution is 2.34. The number of halogens is 3. The summed E-state index contributed by atoms with van der Waals surface area (Å²) in [5.74, 6) is -1.35. The third-order valence-electron chi connectivity index (χ3n) is 5.53. The van der Waals surface area contributed by atoms with Crippen LogP contribution in [0.15, 0.2) is 54.6 Å². The predicted molar refractivity (Wildman–Crippen MR) is 136 cm³/mol. The average molecular weight is 530 g/mol. The molecule has 186 valence electrons. The summed E-state index contributed by atoms with van der Waals surface area (Å²) in [6.45, 7) is 3.73. The van der Waals surface area contributed by atoms with Gasteiger partial charge in [-0.05, 0) is 54.1 Å². The van der Waals surface area contributed by atoms with Gasteiger partial charge in [0.25, 0.3) is 11.8 Å². The maximum absolute atomic E-state index is 13.4. The van der Waals surface area contributed by atoms with Crippen LogP contribution in [-0.2, 0) is 11.3 Å². The molecule has 3 amide bonds. The number of amides is 3. The van der Waals surface area contributed by atoms with Crippen LogP contribution in [0.25, 0.3) is 0 Å². The van der Waals surface area contributed by atoms with E-state index < -0.39 is 17.6 Å². The van der Waals surface area contributed by atoms with Crippen molar-refractivity contribution in [3.8, 4) is 5.75 Å². The van der Waals surface area contributed by atoms with Gasteiger partial charge in [0.15, 0.2) is 6.73 Å². The van der Waals surface area contributed by atoms with Gasteiger partial charge < -0.3 is 15.4 Å². The topological polar surface area (TPSA) is 87.7 Å². The molecule has 1 aliphatic heterocycles. The van der Waals surface area contributed by atoms with E-state index in [2.05, 4.69) is 10.6 Å². The number of nitrogens with one attached hydrogen (secondary N) is 2. The van der Waals surface area contributed by atoms with E-state index in [9.17, 15) is 18.8 Å². The Kier molecular flexibility index (Phi) is 7.47. The Bertz CT molecular complexity index is 1360. The van der Waals surface area contributed by atoms with E-state index in [0.717, 1.165) is 6.07 Å². The Morgan fingerprint density at radius 3 is 2.56 bits per heavy atom. The molecule has 1 aliphatic rings. The molecule has 0 atom stereocenters. The Balaban J connectivity index is 1.53. The van der Waals surface area contributed by atoms with Crippen molar-refractivity contribution in [2.75, 3.05) is 16.9 Å². The molecule has 0 saturated heterocycles. The number of hydrogen-bond donors (Lipinski definition) is 2. The third kappa shape index (κ3) is 5.45. The van der Waals surface area contributed by atoms with E-state index in [-0.39, 0.29) is 46.3 Å². The summed E-state index contributed by atoms with van der Waals surface area (Å²) in [5, 5.41) is 5.84. The molecule has 0 unspecified atom stereocenters. The van der Waals surface area contributed by atoms with Crippen molar-refractivity contribution in [1.82, 2.24) is 5.32 Å². The largest absolute Gasteiger partial charge is 0.472 e. The number of anilines is 2. The first-order valence-corrected chi connectivity index (χ1v) is 11.8. The van der Waals surface area contributed by atoms with Gasteiger partial charge in [-0.2, -0.15) is 0 Å². The molecule has 0 fully saturated rings. The minimum Gasteiger partial charge on any atom is -0.472 e. The fourth-order valence-corrected chi connectivity index (χ4v) is 4.04. The summed E-state index contributed by atoms with van der Waals surface area (Å²) in [5.41, 5.74) is 1.77. The van der Waals surface area contributed by atoms with Crippen LogP contribution in [0, 0.1) is 11.7 Å². The molecule has 7 nitrogen and oxygen atoms in total. The predicted octanol–water partition coefficient (Wildman–Crippen LogP) is 5.65. The molecular formula is C26H22Cl2FN3O4. The number of fused-ring (bicyclic) bond motifs is 1. The smallest absolute Gasteiger partial charge is 0.264 e. The average Bonchev–Trinajstić information content (AvgIpc) is 2.84. The normalized spacial score (nSPS) is 12.7. The lowest BCUT2D eigenvalue weighted by molar-refractivity contribution is -0.124. The number of carbonyl (C=O) groups is 3.